The lowest BCUT2D eigenvalue weighted by atomic mass is 10.00. The van der Waals surface area contributed by atoms with Gasteiger partial charge in [-0.1, -0.05) is 0 Å². The van der Waals surface area contributed by atoms with Gasteiger partial charge < -0.3 is 20.1 Å². The first kappa shape index (κ1) is 10.6. The molecule has 0 aliphatic rings. The molecule has 68 valence electrons. The third kappa shape index (κ3) is 2.67. The molecule has 0 fully saturated rings. The SMILES string of the molecule is O=CC[C@H](C(=O)O)[C@@H](O)C(=O)O. The number of carboxylic acid groups (broad SMARTS) is 2. The van der Waals surface area contributed by atoms with Gasteiger partial charge in [0.2, 0.25) is 0 Å². The van der Waals surface area contributed by atoms with Crippen LogP contribution in [0.15, 0.2) is 0 Å². The molecule has 2 atom stereocenters. The largest absolute Gasteiger partial charge is 0.481 e. The lowest BCUT2D eigenvalue weighted by Crippen LogP contribution is -2.34. The van der Waals surface area contributed by atoms with Crippen molar-refractivity contribution >= 4 is 18.2 Å². The average Bonchev–Trinajstić information content (AvgIpc) is 1.98. The Kier molecular flexibility index (Phi) is 3.92. The Hall–Kier alpha value is -1.43. The van der Waals surface area contributed by atoms with Crippen molar-refractivity contribution in [1.29, 1.82) is 0 Å². The van der Waals surface area contributed by atoms with E-state index in [9.17, 15) is 14.4 Å². The summed E-state index contributed by atoms with van der Waals surface area (Å²) in [6.45, 7) is 0. The first-order valence-corrected chi connectivity index (χ1v) is 3.08. The Balaban J connectivity index is 4.38. The Bertz CT molecular complexity index is 198. The zero-order chi connectivity index (χ0) is 9.72. The van der Waals surface area contributed by atoms with E-state index in [2.05, 4.69) is 0 Å². The van der Waals surface area contributed by atoms with Crippen LogP contribution in [-0.4, -0.2) is 39.6 Å². The highest BCUT2D eigenvalue weighted by atomic mass is 16.4. The van der Waals surface area contributed by atoms with E-state index in [4.69, 9.17) is 15.3 Å². The summed E-state index contributed by atoms with van der Waals surface area (Å²) < 4.78 is 0. The average molecular weight is 176 g/mol. The predicted octanol–water partition coefficient (Wildman–Crippen LogP) is -1.28. The molecule has 0 aliphatic carbocycles. The Morgan fingerprint density at radius 1 is 1.25 bits per heavy atom. The topological polar surface area (TPSA) is 112 Å². The number of aliphatic hydroxyl groups is 1. The number of aliphatic hydroxyl groups excluding tert-OH is 1. The second-order valence-electron chi connectivity index (χ2n) is 2.13. The minimum absolute atomic E-state index is 0.255. The first-order valence-electron chi connectivity index (χ1n) is 3.08. The van der Waals surface area contributed by atoms with Crippen molar-refractivity contribution in [2.75, 3.05) is 0 Å². The molecule has 0 saturated carbocycles. The number of hydrogen-bond acceptors (Lipinski definition) is 4. The fourth-order valence-corrected chi connectivity index (χ4v) is 0.641. The second-order valence-corrected chi connectivity index (χ2v) is 2.13. The van der Waals surface area contributed by atoms with Crippen LogP contribution in [0.3, 0.4) is 0 Å². The molecular formula is C6H8O6. The Morgan fingerprint density at radius 2 is 1.75 bits per heavy atom. The van der Waals surface area contributed by atoms with Gasteiger partial charge in [-0.25, -0.2) is 4.79 Å². The van der Waals surface area contributed by atoms with Crippen LogP contribution in [0.5, 0.6) is 0 Å². The Morgan fingerprint density at radius 3 is 2.00 bits per heavy atom. The third-order valence-electron chi connectivity index (χ3n) is 1.30. The van der Waals surface area contributed by atoms with Gasteiger partial charge in [-0.05, 0) is 0 Å². The maximum atomic E-state index is 10.3. The van der Waals surface area contributed by atoms with Crippen LogP contribution < -0.4 is 0 Å². The molecule has 0 amide bonds. The van der Waals surface area contributed by atoms with Crippen molar-refractivity contribution in [2.24, 2.45) is 5.92 Å². The van der Waals surface area contributed by atoms with E-state index < -0.39 is 30.4 Å². The van der Waals surface area contributed by atoms with Crippen LogP contribution in [0.25, 0.3) is 0 Å². The van der Waals surface area contributed by atoms with Gasteiger partial charge in [-0.3, -0.25) is 4.79 Å². The zero-order valence-electron chi connectivity index (χ0n) is 6.01. The molecule has 0 rings (SSSR count). The first-order chi connectivity index (χ1) is 5.50. The van der Waals surface area contributed by atoms with Crippen molar-refractivity contribution in [1.82, 2.24) is 0 Å². The van der Waals surface area contributed by atoms with Crippen molar-refractivity contribution < 1.29 is 29.7 Å². The van der Waals surface area contributed by atoms with E-state index in [1.165, 1.54) is 0 Å². The molecular weight excluding hydrogens is 168 g/mol. The molecule has 6 heteroatoms. The fourth-order valence-electron chi connectivity index (χ4n) is 0.641. The molecule has 0 heterocycles. The third-order valence-corrected chi connectivity index (χ3v) is 1.30. The quantitative estimate of drug-likeness (QED) is 0.450. The smallest absolute Gasteiger partial charge is 0.333 e. The van der Waals surface area contributed by atoms with Gasteiger partial charge in [0.05, 0.1) is 5.92 Å². The van der Waals surface area contributed by atoms with E-state index in [1.807, 2.05) is 0 Å². The summed E-state index contributed by atoms with van der Waals surface area (Å²) in [7, 11) is 0. The lowest BCUT2D eigenvalue weighted by Gasteiger charge is -2.11. The number of carboxylic acids is 2. The summed E-state index contributed by atoms with van der Waals surface area (Å²) in [4.78, 5) is 30.2. The summed E-state index contributed by atoms with van der Waals surface area (Å²) >= 11 is 0. The minimum Gasteiger partial charge on any atom is -0.481 e. The maximum Gasteiger partial charge on any atom is 0.333 e. The number of rotatable bonds is 5. The van der Waals surface area contributed by atoms with E-state index in [1.54, 1.807) is 0 Å². The van der Waals surface area contributed by atoms with Gasteiger partial charge in [0.1, 0.15) is 6.29 Å². The van der Waals surface area contributed by atoms with Crippen molar-refractivity contribution in [3.05, 3.63) is 0 Å². The normalized spacial score (nSPS) is 14.8. The molecule has 3 N–H and O–H groups in total. The van der Waals surface area contributed by atoms with Gasteiger partial charge in [-0.15, -0.1) is 0 Å². The second kappa shape index (κ2) is 4.45. The molecule has 0 radical (unpaired) electrons. The highest BCUT2D eigenvalue weighted by Crippen LogP contribution is 2.07. The van der Waals surface area contributed by atoms with Crippen LogP contribution in [-0.2, 0) is 14.4 Å². The van der Waals surface area contributed by atoms with Crippen molar-refractivity contribution in [2.45, 2.75) is 12.5 Å². The minimum atomic E-state index is -2.03. The highest BCUT2D eigenvalue weighted by molar-refractivity contribution is 5.83. The summed E-state index contributed by atoms with van der Waals surface area (Å²) in [6, 6.07) is 0. The molecule has 0 aromatic carbocycles. The Labute approximate surface area is 67.4 Å². The highest BCUT2D eigenvalue weighted by Gasteiger charge is 2.31. The van der Waals surface area contributed by atoms with Crippen LogP contribution in [0.2, 0.25) is 0 Å². The number of aldehydes is 1. The van der Waals surface area contributed by atoms with Gasteiger partial charge in [0, 0.05) is 6.42 Å². The maximum absolute atomic E-state index is 10.3. The molecule has 0 spiro atoms. The summed E-state index contributed by atoms with van der Waals surface area (Å²) in [5.41, 5.74) is 0. The standard InChI is InChI=1S/C6H8O6/c7-2-1-3(5(9)10)4(8)6(11)12/h2-4,8H,1H2,(H,9,10)(H,11,12)/t3-,4+/m0/s1. The molecule has 0 bridgehead atoms. The molecule has 0 aromatic rings. The summed E-state index contributed by atoms with van der Waals surface area (Å²) in [5, 5.41) is 25.3. The summed E-state index contributed by atoms with van der Waals surface area (Å²) in [6.07, 6.45) is -2.29. The number of carbonyl (C=O) groups excluding carboxylic acids is 1. The van der Waals surface area contributed by atoms with E-state index >= 15 is 0 Å². The summed E-state index contributed by atoms with van der Waals surface area (Å²) in [5.74, 6) is -4.72. The van der Waals surface area contributed by atoms with Crippen LogP contribution in [0, 0.1) is 5.92 Å². The number of hydrogen-bond donors (Lipinski definition) is 3. The van der Waals surface area contributed by atoms with Gasteiger partial charge >= 0.3 is 11.9 Å². The number of carbonyl (C=O) groups is 3. The van der Waals surface area contributed by atoms with Crippen molar-refractivity contribution in [3.8, 4) is 0 Å². The molecule has 12 heavy (non-hydrogen) atoms. The molecule has 0 saturated heterocycles. The molecule has 0 aliphatic heterocycles. The number of aliphatic carboxylic acids is 2. The van der Waals surface area contributed by atoms with Crippen molar-refractivity contribution in [3.63, 3.8) is 0 Å². The van der Waals surface area contributed by atoms with Gasteiger partial charge in [-0.2, -0.15) is 0 Å². The lowest BCUT2D eigenvalue weighted by molar-refractivity contribution is -0.159. The molecule has 0 aromatic heterocycles. The van der Waals surface area contributed by atoms with Crippen LogP contribution in [0.4, 0.5) is 0 Å². The van der Waals surface area contributed by atoms with Crippen LogP contribution >= 0.6 is 0 Å². The van der Waals surface area contributed by atoms with E-state index in [0.717, 1.165) is 0 Å². The van der Waals surface area contributed by atoms with E-state index in [0.29, 0.717) is 0 Å². The zero-order valence-corrected chi connectivity index (χ0v) is 6.01. The monoisotopic (exact) mass is 176 g/mol. The van der Waals surface area contributed by atoms with Crippen LogP contribution in [0.1, 0.15) is 6.42 Å². The van der Waals surface area contributed by atoms with E-state index in [-0.39, 0.29) is 6.29 Å². The fraction of sp³-hybridized carbons (Fsp3) is 0.500. The molecule has 0 unspecified atom stereocenters. The molecule has 6 nitrogen and oxygen atoms in total. The predicted molar refractivity (Wildman–Crippen MR) is 35.4 cm³/mol. The van der Waals surface area contributed by atoms with Gasteiger partial charge in [0.15, 0.2) is 6.10 Å². The van der Waals surface area contributed by atoms with Gasteiger partial charge in [0.25, 0.3) is 0 Å².